The van der Waals surface area contributed by atoms with Gasteiger partial charge in [-0.3, -0.25) is 42.5 Å². The van der Waals surface area contributed by atoms with E-state index in [2.05, 4.69) is 32.3 Å². The molecular formula is C59H70F3IN15O11-. The third kappa shape index (κ3) is 16.4. The number of rotatable bonds is 9. The number of benzene rings is 1. The molecule has 8 aromatic heterocycles. The zero-order valence-corrected chi connectivity index (χ0v) is 51.6. The molecule has 0 bridgehead atoms. The maximum atomic E-state index is 12.7. The van der Waals surface area contributed by atoms with Crippen LogP contribution in [-0.4, -0.2) is 173 Å². The van der Waals surface area contributed by atoms with Gasteiger partial charge in [-0.05, 0) is 119 Å². The molecule has 0 saturated carbocycles. The predicted molar refractivity (Wildman–Crippen MR) is 313 cm³/mol. The lowest BCUT2D eigenvalue weighted by molar-refractivity contribution is -0.189. The van der Waals surface area contributed by atoms with Crippen LogP contribution in [-0.2, 0) is 34.0 Å². The Labute approximate surface area is 523 Å². The Balaban J connectivity index is 0.000000159. The van der Waals surface area contributed by atoms with E-state index in [9.17, 15) is 62.1 Å². The number of ether oxygens (including phenoxy) is 1. The number of nitrogens with zero attached hydrogens (tertiary/aromatic N) is 14. The van der Waals surface area contributed by atoms with E-state index in [0.717, 1.165) is 5.56 Å². The number of halogens is 4. The van der Waals surface area contributed by atoms with Crippen molar-refractivity contribution >= 4 is 40.0 Å². The molecular weight excluding hydrogens is 1280 g/mol. The lowest BCUT2D eigenvalue weighted by Crippen LogP contribution is -3.00. The van der Waals surface area contributed by atoms with Gasteiger partial charge in [0.2, 0.25) is 5.91 Å². The summed E-state index contributed by atoms with van der Waals surface area (Å²) in [6, 6.07) is 23.7. The maximum absolute atomic E-state index is 12.7. The molecule has 11 heterocycles. The Bertz CT molecular complexity index is 4140. The van der Waals surface area contributed by atoms with Crippen LogP contribution in [0, 0.1) is 0 Å². The molecule has 3 aliphatic heterocycles. The van der Waals surface area contributed by atoms with Crippen molar-refractivity contribution in [2.75, 3.05) is 39.3 Å². The first-order valence-electron chi connectivity index (χ1n) is 28.6. The molecule has 0 radical (unpaired) electrons. The molecule has 3 saturated heterocycles. The highest BCUT2D eigenvalue weighted by molar-refractivity contribution is 5.82. The summed E-state index contributed by atoms with van der Waals surface area (Å²) in [6.07, 6.45) is 9.02. The number of carbonyl (C=O) groups is 3. The molecule has 0 spiro atoms. The number of hydrogen-bond donors (Lipinski definition) is 4. The van der Waals surface area contributed by atoms with Crippen LogP contribution in [0.25, 0.3) is 22.1 Å². The normalized spacial score (nSPS) is 16.7. The second-order valence-corrected chi connectivity index (χ2v) is 23.5. The number of fused-ring (bicyclic) bond motifs is 4. The summed E-state index contributed by atoms with van der Waals surface area (Å²) in [7, 11) is 0. The largest absolute Gasteiger partial charge is 1.00 e. The van der Waals surface area contributed by atoms with Crippen molar-refractivity contribution in [2.45, 2.75) is 127 Å². The Kier molecular flexibility index (Phi) is 20.5. The molecule has 3 fully saturated rings. The average Bonchev–Trinajstić information content (AvgIpc) is 2.95. The van der Waals surface area contributed by atoms with Gasteiger partial charge in [-0.25, -0.2) is 22.9 Å². The van der Waals surface area contributed by atoms with Gasteiger partial charge in [-0.2, -0.15) is 33.6 Å². The molecule has 476 valence electrons. The van der Waals surface area contributed by atoms with Gasteiger partial charge in [-0.15, -0.1) is 0 Å². The predicted octanol–water partition coefficient (Wildman–Crippen LogP) is 0.740. The van der Waals surface area contributed by atoms with Gasteiger partial charge >= 0.3 is 18.2 Å². The summed E-state index contributed by atoms with van der Waals surface area (Å²) in [4.78, 5) is 90.8. The van der Waals surface area contributed by atoms with Crippen molar-refractivity contribution < 1.29 is 71.6 Å². The molecule has 9 aromatic rings. The van der Waals surface area contributed by atoms with Crippen LogP contribution in [0.2, 0.25) is 0 Å². The van der Waals surface area contributed by atoms with Crippen molar-refractivity contribution in [2.24, 2.45) is 0 Å². The molecule has 12 rings (SSSR count). The zero-order valence-electron chi connectivity index (χ0n) is 49.4. The van der Waals surface area contributed by atoms with Crippen LogP contribution >= 0.6 is 0 Å². The summed E-state index contributed by atoms with van der Waals surface area (Å²) in [5, 5.41) is 48.7. The highest BCUT2D eigenvalue weighted by atomic mass is 127. The average molecular weight is 1350 g/mol. The van der Waals surface area contributed by atoms with Gasteiger partial charge in [0.25, 0.3) is 22.2 Å². The van der Waals surface area contributed by atoms with E-state index >= 15 is 0 Å². The molecule has 3 aliphatic rings. The van der Waals surface area contributed by atoms with Gasteiger partial charge in [0.05, 0.1) is 36.4 Å². The molecule has 4 N–H and O–H groups in total. The summed E-state index contributed by atoms with van der Waals surface area (Å²) < 4.78 is 52.7. The SMILES string of the molecule is CC(C)(C)OC(=O)N1CCC(O)(Cn2cnn3cccc3c2=O)CC1.CC(CC(=O)N1CCC(O)(Cn2cnn3cccc3c2=O)CC1)c1ccccc1.O=C(N1CCC(O)(Cn2cnn3cccc3c2=O)CC1)C(F)(F)F.O=c1[nH]cnn2cccc12.[I-]. The minimum Gasteiger partial charge on any atom is -1.00 e. The minimum atomic E-state index is -4.92. The number of aromatic nitrogens is 12. The monoisotopic (exact) mass is 1350 g/mol. The first-order chi connectivity index (χ1) is 41.7. The van der Waals surface area contributed by atoms with Crippen molar-refractivity contribution in [3.8, 4) is 0 Å². The topological polar surface area (TPSA) is 299 Å². The van der Waals surface area contributed by atoms with E-state index in [-0.39, 0.29) is 110 Å². The van der Waals surface area contributed by atoms with Gasteiger partial charge in [0, 0.05) is 70.5 Å². The van der Waals surface area contributed by atoms with Crippen molar-refractivity contribution in [3.05, 3.63) is 176 Å². The van der Waals surface area contributed by atoms with Crippen molar-refractivity contribution in [1.29, 1.82) is 0 Å². The van der Waals surface area contributed by atoms with E-state index < -0.39 is 34.5 Å². The van der Waals surface area contributed by atoms with Crippen LogP contribution < -0.4 is 46.2 Å². The number of nitrogens with one attached hydrogen (secondary N) is 1. The van der Waals surface area contributed by atoms with Crippen molar-refractivity contribution in [1.82, 2.24) is 71.8 Å². The Morgan fingerprint density at radius 1 is 0.551 bits per heavy atom. The molecule has 1 aromatic carbocycles. The Hall–Kier alpha value is -8.49. The number of aromatic amines is 1. The Morgan fingerprint density at radius 3 is 1.30 bits per heavy atom. The molecule has 1 atom stereocenters. The molecule has 26 nitrogen and oxygen atoms in total. The standard InChI is InChI=1S/C22H26N4O3.C17H24N4O4.C14H15F3N4O3.C6H5N3O.HI/c1-17(18-6-3-2-4-7-18)14-20(27)24-12-9-22(29,10-13-24)15-25-16-23-26-11-5-8-19(26)21(25)28;1-16(2,3)25-15(23)19-9-6-17(24,7-10-19)11-20-12-18-21-8-4-5-13(21)14(20)22;15-14(16,17)12(23)19-6-3-13(24,4-7-19)8-20-9-18-21-5-1-2-10(21)11(20)22;10-6-5-2-1-3-9(5)8-4-7-6;/h2-8,11,16-17,29H,9-10,12-15H2,1H3;4-5,8,12,24H,6-7,9-11H2,1-3H3;1-2,5,9,24H,3-4,6-8H2;1-4H,(H,7,8,10);1H/p-1. The number of hydrogen-bond acceptors (Lipinski definition) is 15. The van der Waals surface area contributed by atoms with E-state index in [1.165, 1.54) is 57.1 Å². The molecule has 0 aliphatic carbocycles. The number of H-pyrrole nitrogens is 1. The van der Waals surface area contributed by atoms with Crippen LogP contribution in [0.15, 0.2) is 148 Å². The quantitative estimate of drug-likeness (QED) is 0.145. The summed E-state index contributed by atoms with van der Waals surface area (Å²) in [5.74, 6) is -1.64. The second-order valence-electron chi connectivity index (χ2n) is 23.5. The maximum Gasteiger partial charge on any atom is 0.471 e. The first-order valence-corrected chi connectivity index (χ1v) is 28.6. The van der Waals surface area contributed by atoms with Crippen LogP contribution in [0.3, 0.4) is 0 Å². The smallest absolute Gasteiger partial charge is 0.471 e. The lowest BCUT2D eigenvalue weighted by atomic mass is 9.90. The number of aliphatic hydroxyl groups is 3. The third-order valence-corrected chi connectivity index (χ3v) is 15.8. The summed E-state index contributed by atoms with van der Waals surface area (Å²) >= 11 is 0. The van der Waals surface area contributed by atoms with E-state index in [4.69, 9.17) is 4.74 Å². The van der Waals surface area contributed by atoms with E-state index in [1.54, 1.807) is 78.2 Å². The van der Waals surface area contributed by atoms with E-state index in [1.807, 2.05) is 56.0 Å². The van der Waals surface area contributed by atoms with E-state index in [0.29, 0.717) is 85.2 Å². The highest BCUT2D eigenvalue weighted by Gasteiger charge is 2.45. The van der Waals surface area contributed by atoms with Gasteiger partial charge < -0.3 is 63.7 Å². The minimum absolute atomic E-state index is 0. The molecule has 1 unspecified atom stereocenters. The number of carbonyl (C=O) groups excluding carboxylic acids is 3. The van der Waals surface area contributed by atoms with Gasteiger partial charge in [-0.1, -0.05) is 37.3 Å². The van der Waals surface area contributed by atoms with Crippen LogP contribution in [0.4, 0.5) is 18.0 Å². The number of likely N-dealkylation sites (tertiary alicyclic amines) is 3. The fraction of sp³-hybridized carbons (Fsp3) is 0.441. The van der Waals surface area contributed by atoms with Gasteiger partial charge in [0.1, 0.15) is 53.0 Å². The zero-order chi connectivity index (χ0) is 63.2. The number of amides is 3. The molecule has 30 heteroatoms. The van der Waals surface area contributed by atoms with Crippen LogP contribution in [0.1, 0.15) is 84.1 Å². The number of piperidine rings is 3. The highest BCUT2D eigenvalue weighted by Crippen LogP contribution is 2.30. The lowest BCUT2D eigenvalue weighted by Gasteiger charge is -2.38. The van der Waals surface area contributed by atoms with Gasteiger partial charge in [0.15, 0.2) is 0 Å². The third-order valence-electron chi connectivity index (χ3n) is 15.8. The molecule has 3 amide bonds. The first kappa shape index (κ1) is 66.5. The number of alkyl halides is 3. The van der Waals surface area contributed by atoms with Crippen molar-refractivity contribution in [3.63, 3.8) is 0 Å². The summed E-state index contributed by atoms with van der Waals surface area (Å²) in [5.41, 5.74) is -1.78. The fourth-order valence-corrected chi connectivity index (χ4v) is 10.7. The van der Waals surface area contributed by atoms with Crippen LogP contribution in [0.5, 0.6) is 0 Å². The Morgan fingerprint density at radius 2 is 0.921 bits per heavy atom. The fourth-order valence-electron chi connectivity index (χ4n) is 10.7. The summed E-state index contributed by atoms with van der Waals surface area (Å²) in [6.45, 7) is 9.10. The second kappa shape index (κ2) is 27.5. The molecule has 89 heavy (non-hydrogen) atoms.